The summed E-state index contributed by atoms with van der Waals surface area (Å²) in [6.45, 7) is 2.35. The maximum Gasteiger partial charge on any atom is 0.205 e. The van der Waals surface area contributed by atoms with Gasteiger partial charge in [-0.3, -0.25) is 4.99 Å². The molecule has 0 fully saturated rings. The molecule has 2 aromatic rings. The SMILES string of the molecule is Cl.OC(CN1C2=NCCCN2c2ccccc21)c1ccc(Br)cc1. The maximum absolute atomic E-state index is 10.7. The number of aliphatic imine (C=N–C) groups is 1. The average molecular weight is 409 g/mol. The third-order valence-corrected chi connectivity index (χ3v) is 4.88. The highest BCUT2D eigenvalue weighted by Crippen LogP contribution is 2.39. The lowest BCUT2D eigenvalue weighted by atomic mass is 10.1. The molecule has 6 heteroatoms. The zero-order valence-electron chi connectivity index (χ0n) is 13.1. The number of fused-ring (bicyclic) bond motifs is 3. The minimum Gasteiger partial charge on any atom is -0.387 e. The quantitative estimate of drug-likeness (QED) is 0.834. The standard InChI is InChI=1S/C18H18BrN3O.ClH/c19-14-8-6-13(7-9-14)17(23)12-22-16-5-2-1-4-15(16)21-11-3-10-20-18(21)22;/h1-2,4-9,17,23H,3,10-12H2;1H. The number of rotatable bonds is 3. The topological polar surface area (TPSA) is 39.1 Å². The highest BCUT2D eigenvalue weighted by atomic mass is 79.9. The number of anilines is 2. The molecule has 0 bridgehead atoms. The molecule has 1 unspecified atom stereocenters. The van der Waals surface area contributed by atoms with Crippen molar-refractivity contribution in [3.05, 3.63) is 58.6 Å². The van der Waals surface area contributed by atoms with E-state index in [1.54, 1.807) is 0 Å². The first-order chi connectivity index (χ1) is 11.2. The van der Waals surface area contributed by atoms with Gasteiger partial charge in [-0.15, -0.1) is 12.4 Å². The van der Waals surface area contributed by atoms with Crippen LogP contribution in [-0.4, -0.2) is 30.7 Å². The van der Waals surface area contributed by atoms with E-state index in [1.807, 2.05) is 30.3 Å². The van der Waals surface area contributed by atoms with Crippen LogP contribution in [0.2, 0.25) is 0 Å². The number of nitrogens with zero attached hydrogens (tertiary/aromatic N) is 3. The molecule has 4 rings (SSSR count). The van der Waals surface area contributed by atoms with Crippen molar-refractivity contribution in [2.75, 3.05) is 29.4 Å². The minimum atomic E-state index is -0.555. The van der Waals surface area contributed by atoms with E-state index >= 15 is 0 Å². The molecule has 24 heavy (non-hydrogen) atoms. The van der Waals surface area contributed by atoms with Gasteiger partial charge in [-0.1, -0.05) is 40.2 Å². The van der Waals surface area contributed by atoms with Crippen molar-refractivity contribution in [2.24, 2.45) is 4.99 Å². The molecule has 0 radical (unpaired) electrons. The summed E-state index contributed by atoms with van der Waals surface area (Å²) in [5.74, 6) is 0.966. The molecule has 2 aliphatic heterocycles. The Morgan fingerprint density at radius 3 is 2.54 bits per heavy atom. The summed E-state index contributed by atoms with van der Waals surface area (Å²) in [6, 6.07) is 16.2. The van der Waals surface area contributed by atoms with Crippen LogP contribution in [0.4, 0.5) is 11.4 Å². The molecular weight excluding hydrogens is 390 g/mol. The summed E-state index contributed by atoms with van der Waals surface area (Å²) in [5.41, 5.74) is 3.24. The second-order valence-electron chi connectivity index (χ2n) is 5.85. The van der Waals surface area contributed by atoms with Gasteiger partial charge in [0.15, 0.2) is 0 Å². The van der Waals surface area contributed by atoms with Crippen molar-refractivity contribution in [3.8, 4) is 0 Å². The number of hydrogen-bond acceptors (Lipinski definition) is 4. The molecule has 0 aromatic heterocycles. The molecule has 2 heterocycles. The molecule has 0 aliphatic carbocycles. The van der Waals surface area contributed by atoms with Gasteiger partial charge >= 0.3 is 0 Å². The van der Waals surface area contributed by atoms with Crippen molar-refractivity contribution >= 4 is 45.7 Å². The minimum absolute atomic E-state index is 0. The van der Waals surface area contributed by atoms with Crippen LogP contribution in [0.3, 0.4) is 0 Å². The monoisotopic (exact) mass is 407 g/mol. The maximum atomic E-state index is 10.7. The van der Waals surface area contributed by atoms with Gasteiger partial charge < -0.3 is 14.9 Å². The Kier molecular flexibility index (Phi) is 5.13. The van der Waals surface area contributed by atoms with E-state index in [0.717, 1.165) is 41.2 Å². The Morgan fingerprint density at radius 1 is 1.08 bits per heavy atom. The molecule has 126 valence electrons. The van der Waals surface area contributed by atoms with Gasteiger partial charge in [0.05, 0.1) is 24.0 Å². The summed E-state index contributed by atoms with van der Waals surface area (Å²) in [6.07, 6.45) is 0.515. The van der Waals surface area contributed by atoms with E-state index in [9.17, 15) is 5.11 Å². The fourth-order valence-corrected chi connectivity index (χ4v) is 3.49. The van der Waals surface area contributed by atoms with Gasteiger partial charge in [0.2, 0.25) is 5.96 Å². The molecule has 2 aliphatic rings. The average Bonchev–Trinajstić information content (AvgIpc) is 2.90. The summed E-state index contributed by atoms with van der Waals surface area (Å²) < 4.78 is 1.02. The van der Waals surface area contributed by atoms with E-state index in [4.69, 9.17) is 4.99 Å². The number of hydrogen-bond donors (Lipinski definition) is 1. The number of para-hydroxylation sites is 2. The molecule has 0 saturated carbocycles. The van der Waals surface area contributed by atoms with E-state index in [2.05, 4.69) is 43.9 Å². The summed E-state index contributed by atoms with van der Waals surface area (Å²) in [5, 5.41) is 10.7. The zero-order valence-corrected chi connectivity index (χ0v) is 15.5. The van der Waals surface area contributed by atoms with Crippen LogP contribution >= 0.6 is 28.3 Å². The Bertz CT molecular complexity index is 750. The van der Waals surface area contributed by atoms with Crippen molar-refractivity contribution < 1.29 is 5.11 Å². The van der Waals surface area contributed by atoms with Crippen LogP contribution in [0, 0.1) is 0 Å². The number of aliphatic hydroxyl groups is 1. The van der Waals surface area contributed by atoms with E-state index in [1.165, 1.54) is 5.69 Å². The van der Waals surface area contributed by atoms with Gasteiger partial charge in [0, 0.05) is 17.6 Å². The third kappa shape index (κ3) is 3.04. The first kappa shape index (κ1) is 17.3. The third-order valence-electron chi connectivity index (χ3n) is 4.35. The van der Waals surface area contributed by atoms with Gasteiger partial charge in [-0.25, -0.2) is 0 Å². The molecule has 1 N–H and O–H groups in total. The molecule has 1 atom stereocenters. The Morgan fingerprint density at radius 2 is 1.79 bits per heavy atom. The van der Waals surface area contributed by atoms with E-state index in [-0.39, 0.29) is 12.4 Å². The normalized spacial score (nSPS) is 16.8. The second-order valence-corrected chi connectivity index (χ2v) is 6.77. The van der Waals surface area contributed by atoms with Crippen molar-refractivity contribution in [2.45, 2.75) is 12.5 Å². The molecule has 0 saturated heterocycles. The van der Waals surface area contributed by atoms with Gasteiger partial charge in [-0.05, 0) is 36.2 Å². The molecule has 2 aromatic carbocycles. The highest BCUT2D eigenvalue weighted by Gasteiger charge is 2.34. The van der Waals surface area contributed by atoms with Crippen LogP contribution in [0.25, 0.3) is 0 Å². The van der Waals surface area contributed by atoms with E-state index < -0.39 is 6.10 Å². The molecule has 0 amide bonds. The molecular formula is C18H19BrClN3O. The smallest absolute Gasteiger partial charge is 0.205 e. The van der Waals surface area contributed by atoms with Crippen molar-refractivity contribution in [3.63, 3.8) is 0 Å². The Hall–Kier alpha value is -1.56. The van der Waals surface area contributed by atoms with Gasteiger partial charge in [0.1, 0.15) is 0 Å². The zero-order chi connectivity index (χ0) is 15.8. The lowest BCUT2D eigenvalue weighted by molar-refractivity contribution is 0.187. The van der Waals surface area contributed by atoms with E-state index in [0.29, 0.717) is 6.54 Å². The van der Waals surface area contributed by atoms with Gasteiger partial charge in [0.25, 0.3) is 0 Å². The largest absolute Gasteiger partial charge is 0.387 e. The predicted octanol–water partition coefficient (Wildman–Crippen LogP) is 3.99. The second kappa shape index (κ2) is 7.13. The number of guanidine groups is 1. The highest BCUT2D eigenvalue weighted by molar-refractivity contribution is 9.10. The number of aliphatic hydroxyl groups excluding tert-OH is 1. The summed E-state index contributed by atoms with van der Waals surface area (Å²) >= 11 is 3.43. The van der Waals surface area contributed by atoms with Crippen LogP contribution in [0.5, 0.6) is 0 Å². The van der Waals surface area contributed by atoms with Crippen LogP contribution in [0.15, 0.2) is 58.0 Å². The summed E-state index contributed by atoms with van der Waals surface area (Å²) in [7, 11) is 0. The lowest BCUT2D eigenvalue weighted by Gasteiger charge is -2.28. The van der Waals surface area contributed by atoms with Crippen LogP contribution in [-0.2, 0) is 0 Å². The molecule has 4 nitrogen and oxygen atoms in total. The Balaban J connectivity index is 0.00000169. The first-order valence-corrected chi connectivity index (χ1v) is 8.65. The number of halogens is 2. The van der Waals surface area contributed by atoms with Gasteiger partial charge in [-0.2, -0.15) is 0 Å². The van der Waals surface area contributed by atoms with Crippen molar-refractivity contribution in [1.29, 1.82) is 0 Å². The Labute approximate surface area is 156 Å². The number of benzene rings is 2. The molecule has 0 spiro atoms. The fourth-order valence-electron chi connectivity index (χ4n) is 3.22. The predicted molar refractivity (Wildman–Crippen MR) is 104 cm³/mol. The van der Waals surface area contributed by atoms with Crippen molar-refractivity contribution in [1.82, 2.24) is 0 Å². The number of β-amino-alcohol motifs (C(OH)–C–C–N with tert-alkyl or cyclic N) is 1. The lowest BCUT2D eigenvalue weighted by Crippen LogP contribution is -2.43. The first-order valence-electron chi connectivity index (χ1n) is 7.86. The summed E-state index contributed by atoms with van der Waals surface area (Å²) in [4.78, 5) is 9.10. The fraction of sp³-hybridized carbons (Fsp3) is 0.278. The van der Waals surface area contributed by atoms with Crippen LogP contribution < -0.4 is 9.80 Å². The van der Waals surface area contributed by atoms with Crippen LogP contribution in [0.1, 0.15) is 18.1 Å².